The zero-order valence-electron chi connectivity index (χ0n) is 12.0. The monoisotopic (exact) mass is 296 g/mol. The summed E-state index contributed by atoms with van der Waals surface area (Å²) in [5.41, 5.74) is 7.48. The summed E-state index contributed by atoms with van der Waals surface area (Å²) in [6.07, 6.45) is 2.50. The Hall–Kier alpha value is -1.42. The van der Waals surface area contributed by atoms with Gasteiger partial charge in [-0.15, -0.1) is 0 Å². The predicted molar refractivity (Wildman–Crippen MR) is 82.4 cm³/mol. The molecule has 5 heteroatoms. The highest BCUT2D eigenvalue weighted by Gasteiger charge is 2.27. The van der Waals surface area contributed by atoms with Gasteiger partial charge in [-0.2, -0.15) is 0 Å². The number of carbonyl (C=O) groups is 1. The number of rotatable bonds is 6. The van der Waals surface area contributed by atoms with Gasteiger partial charge >= 0.3 is 5.97 Å². The quantitative estimate of drug-likeness (QED) is 0.646. The van der Waals surface area contributed by atoms with Crippen LogP contribution in [0.2, 0.25) is 5.02 Å². The van der Waals surface area contributed by atoms with Crippen molar-refractivity contribution in [2.75, 3.05) is 30.3 Å². The van der Waals surface area contributed by atoms with Gasteiger partial charge in [0.15, 0.2) is 0 Å². The molecule has 0 unspecified atom stereocenters. The maximum Gasteiger partial charge on any atom is 0.340 e. The topological polar surface area (TPSA) is 55.6 Å². The molecule has 0 radical (unpaired) electrons. The molecule has 2 N–H and O–H groups in total. The summed E-state index contributed by atoms with van der Waals surface area (Å²) >= 11 is 6.33. The van der Waals surface area contributed by atoms with E-state index in [0.29, 0.717) is 28.8 Å². The average molecular weight is 297 g/mol. The number of anilines is 2. The van der Waals surface area contributed by atoms with Crippen molar-refractivity contribution in [3.63, 3.8) is 0 Å². The van der Waals surface area contributed by atoms with Gasteiger partial charge in [-0.3, -0.25) is 0 Å². The molecule has 0 amide bonds. The first kappa shape index (κ1) is 15.0. The maximum absolute atomic E-state index is 12.1. The van der Waals surface area contributed by atoms with E-state index in [9.17, 15) is 4.79 Å². The third-order valence-electron chi connectivity index (χ3n) is 3.45. The summed E-state index contributed by atoms with van der Waals surface area (Å²) in [4.78, 5) is 14.3. The number of halogens is 1. The molecule has 1 saturated carbocycles. The van der Waals surface area contributed by atoms with Crippen LogP contribution in [0.1, 0.15) is 37.0 Å². The molecule has 1 aromatic carbocycles. The Kier molecular flexibility index (Phi) is 4.76. The summed E-state index contributed by atoms with van der Waals surface area (Å²) in [5, 5.41) is 0.510. The van der Waals surface area contributed by atoms with Gasteiger partial charge in [-0.1, -0.05) is 11.6 Å². The number of esters is 1. The molecule has 0 atom stereocenters. The predicted octanol–water partition coefficient (Wildman–Crippen LogP) is 3.34. The summed E-state index contributed by atoms with van der Waals surface area (Å²) in [6, 6.07) is 3.34. The molecule has 0 heterocycles. The van der Waals surface area contributed by atoms with Crippen molar-refractivity contribution in [3.8, 4) is 0 Å². The van der Waals surface area contributed by atoms with Gasteiger partial charge in [0.05, 0.1) is 22.9 Å². The minimum absolute atomic E-state index is 0.333. The third kappa shape index (κ3) is 3.37. The third-order valence-corrected chi connectivity index (χ3v) is 3.74. The van der Waals surface area contributed by atoms with E-state index < -0.39 is 0 Å². The minimum atomic E-state index is -0.369. The Balaban J connectivity index is 2.39. The summed E-state index contributed by atoms with van der Waals surface area (Å²) < 4.78 is 5.11. The summed E-state index contributed by atoms with van der Waals surface area (Å²) in [6.45, 7) is 5.90. The number of carbonyl (C=O) groups excluding carboxylic acids is 1. The van der Waals surface area contributed by atoms with Crippen molar-refractivity contribution in [1.82, 2.24) is 0 Å². The SMILES string of the molecule is CCOC(=O)c1cc(N)cc(Cl)c1N(CC)CC1CC1. The Labute approximate surface area is 124 Å². The Morgan fingerprint density at radius 2 is 2.15 bits per heavy atom. The zero-order chi connectivity index (χ0) is 14.7. The van der Waals surface area contributed by atoms with Gasteiger partial charge in [-0.25, -0.2) is 4.79 Å². The fourth-order valence-corrected chi connectivity index (χ4v) is 2.64. The van der Waals surface area contributed by atoms with E-state index in [0.717, 1.165) is 18.8 Å². The zero-order valence-corrected chi connectivity index (χ0v) is 12.7. The molecule has 110 valence electrons. The van der Waals surface area contributed by atoms with Crippen molar-refractivity contribution in [2.24, 2.45) is 5.92 Å². The number of hydrogen-bond donors (Lipinski definition) is 1. The molecule has 4 nitrogen and oxygen atoms in total. The van der Waals surface area contributed by atoms with E-state index in [4.69, 9.17) is 22.1 Å². The van der Waals surface area contributed by atoms with Crippen LogP contribution in [-0.4, -0.2) is 25.7 Å². The van der Waals surface area contributed by atoms with Gasteiger partial charge in [0.1, 0.15) is 0 Å². The fraction of sp³-hybridized carbons (Fsp3) is 0.533. The van der Waals surface area contributed by atoms with Crippen LogP contribution >= 0.6 is 11.6 Å². The first-order valence-electron chi connectivity index (χ1n) is 7.07. The van der Waals surface area contributed by atoms with Crippen LogP contribution in [-0.2, 0) is 4.74 Å². The van der Waals surface area contributed by atoms with E-state index in [1.165, 1.54) is 12.8 Å². The van der Waals surface area contributed by atoms with Crippen LogP contribution in [0, 0.1) is 5.92 Å². The summed E-state index contributed by atoms with van der Waals surface area (Å²) in [7, 11) is 0. The van der Waals surface area contributed by atoms with E-state index in [1.54, 1.807) is 19.1 Å². The van der Waals surface area contributed by atoms with Crippen LogP contribution in [0.25, 0.3) is 0 Å². The molecular weight excluding hydrogens is 276 g/mol. The van der Waals surface area contributed by atoms with Crippen LogP contribution in [0.3, 0.4) is 0 Å². The highest BCUT2D eigenvalue weighted by molar-refractivity contribution is 6.34. The second-order valence-electron chi connectivity index (χ2n) is 5.10. The number of nitrogens with two attached hydrogens (primary N) is 1. The summed E-state index contributed by atoms with van der Waals surface area (Å²) in [5.74, 6) is 0.338. The van der Waals surface area contributed by atoms with Crippen LogP contribution in [0.4, 0.5) is 11.4 Å². The highest BCUT2D eigenvalue weighted by atomic mass is 35.5. The first-order chi connectivity index (χ1) is 9.56. The van der Waals surface area contributed by atoms with Crippen molar-refractivity contribution in [2.45, 2.75) is 26.7 Å². The lowest BCUT2D eigenvalue weighted by Crippen LogP contribution is -2.28. The number of benzene rings is 1. The Bertz CT molecular complexity index is 501. The van der Waals surface area contributed by atoms with Crippen molar-refractivity contribution < 1.29 is 9.53 Å². The van der Waals surface area contributed by atoms with Crippen LogP contribution in [0.15, 0.2) is 12.1 Å². The second kappa shape index (κ2) is 6.35. The normalized spacial score (nSPS) is 14.2. The second-order valence-corrected chi connectivity index (χ2v) is 5.51. The number of nitrogen functional groups attached to an aromatic ring is 1. The Morgan fingerprint density at radius 1 is 1.45 bits per heavy atom. The standard InChI is InChI=1S/C15H21ClN2O2/c1-3-18(9-10-5-6-10)14-12(15(19)20-4-2)7-11(17)8-13(14)16/h7-8,10H,3-6,9,17H2,1-2H3. The van der Waals surface area contributed by atoms with E-state index in [-0.39, 0.29) is 5.97 Å². The number of hydrogen-bond acceptors (Lipinski definition) is 4. The van der Waals surface area contributed by atoms with Crippen LogP contribution < -0.4 is 10.6 Å². The average Bonchev–Trinajstić information content (AvgIpc) is 3.20. The molecule has 0 saturated heterocycles. The maximum atomic E-state index is 12.1. The molecule has 0 aromatic heterocycles. The smallest absolute Gasteiger partial charge is 0.340 e. The van der Waals surface area contributed by atoms with Gasteiger partial charge in [0.25, 0.3) is 0 Å². The lowest BCUT2D eigenvalue weighted by atomic mass is 10.1. The lowest BCUT2D eigenvalue weighted by Gasteiger charge is -2.26. The van der Waals surface area contributed by atoms with Crippen molar-refractivity contribution in [3.05, 3.63) is 22.7 Å². The van der Waals surface area contributed by atoms with Gasteiger partial charge in [-0.05, 0) is 44.7 Å². The van der Waals surface area contributed by atoms with E-state index in [2.05, 4.69) is 11.8 Å². The molecule has 0 bridgehead atoms. The van der Waals surface area contributed by atoms with Gasteiger partial charge < -0.3 is 15.4 Å². The first-order valence-corrected chi connectivity index (χ1v) is 7.45. The number of nitrogens with zero attached hydrogens (tertiary/aromatic N) is 1. The molecule has 1 aliphatic rings. The molecule has 2 rings (SSSR count). The molecule has 1 fully saturated rings. The molecule has 1 aliphatic carbocycles. The molecule has 20 heavy (non-hydrogen) atoms. The highest BCUT2D eigenvalue weighted by Crippen LogP contribution is 2.37. The largest absolute Gasteiger partial charge is 0.462 e. The van der Waals surface area contributed by atoms with Crippen molar-refractivity contribution >= 4 is 28.9 Å². The van der Waals surface area contributed by atoms with Gasteiger partial charge in [0.2, 0.25) is 0 Å². The molecular formula is C15H21ClN2O2. The minimum Gasteiger partial charge on any atom is -0.462 e. The van der Waals surface area contributed by atoms with Crippen molar-refractivity contribution in [1.29, 1.82) is 0 Å². The Morgan fingerprint density at radius 3 is 2.70 bits per heavy atom. The van der Waals surface area contributed by atoms with Crippen LogP contribution in [0.5, 0.6) is 0 Å². The van der Waals surface area contributed by atoms with Gasteiger partial charge in [0, 0.05) is 18.8 Å². The molecule has 0 spiro atoms. The molecule has 0 aliphatic heterocycles. The lowest BCUT2D eigenvalue weighted by molar-refractivity contribution is 0.0527. The molecule has 1 aromatic rings. The fourth-order valence-electron chi connectivity index (χ4n) is 2.30. The van der Waals surface area contributed by atoms with E-state index >= 15 is 0 Å². The van der Waals surface area contributed by atoms with E-state index in [1.807, 2.05) is 0 Å². The number of ether oxygens (including phenoxy) is 1.